The van der Waals surface area contributed by atoms with Gasteiger partial charge in [0.25, 0.3) is 5.91 Å². The lowest BCUT2D eigenvalue weighted by Gasteiger charge is -2.14. The third kappa shape index (κ3) is 3.37. The lowest BCUT2D eigenvalue weighted by molar-refractivity contribution is 0.0940. The average Bonchev–Trinajstić information content (AvgIpc) is 2.48. The molecule has 2 aromatic rings. The van der Waals surface area contributed by atoms with Crippen LogP contribution in [0.4, 0.5) is 0 Å². The molecule has 0 saturated heterocycles. The van der Waals surface area contributed by atoms with Gasteiger partial charge in [-0.05, 0) is 48.9 Å². The average molecular weight is 285 g/mol. The molecular formula is C16H13ClN2O. The van der Waals surface area contributed by atoms with Crippen LogP contribution in [0.3, 0.4) is 0 Å². The normalized spacial score (nSPS) is 11.4. The monoisotopic (exact) mass is 284 g/mol. The predicted octanol–water partition coefficient (Wildman–Crippen LogP) is 3.70. The van der Waals surface area contributed by atoms with Crippen LogP contribution in [0.15, 0.2) is 48.5 Å². The summed E-state index contributed by atoms with van der Waals surface area (Å²) in [6, 6.07) is 15.8. The maximum absolute atomic E-state index is 12.1. The highest BCUT2D eigenvalue weighted by molar-refractivity contribution is 6.30. The molecule has 0 spiro atoms. The van der Waals surface area contributed by atoms with Crippen molar-refractivity contribution in [1.29, 1.82) is 5.26 Å². The first-order chi connectivity index (χ1) is 9.60. The highest BCUT2D eigenvalue weighted by Gasteiger charge is 2.11. The van der Waals surface area contributed by atoms with Gasteiger partial charge in [-0.15, -0.1) is 0 Å². The maximum atomic E-state index is 12.1. The third-order valence-corrected chi connectivity index (χ3v) is 3.25. The fourth-order valence-corrected chi connectivity index (χ4v) is 1.94. The molecule has 0 aliphatic rings. The van der Waals surface area contributed by atoms with Gasteiger partial charge in [-0.1, -0.05) is 23.7 Å². The van der Waals surface area contributed by atoms with E-state index in [0.717, 1.165) is 5.56 Å². The summed E-state index contributed by atoms with van der Waals surface area (Å²) in [5, 5.41) is 12.3. The second-order valence-corrected chi connectivity index (χ2v) is 4.87. The smallest absolute Gasteiger partial charge is 0.251 e. The van der Waals surface area contributed by atoms with Gasteiger partial charge in [0.15, 0.2) is 0 Å². The molecule has 20 heavy (non-hydrogen) atoms. The van der Waals surface area contributed by atoms with E-state index in [9.17, 15) is 4.79 Å². The predicted molar refractivity (Wildman–Crippen MR) is 78.5 cm³/mol. The highest BCUT2D eigenvalue weighted by Crippen LogP contribution is 2.16. The zero-order valence-electron chi connectivity index (χ0n) is 10.9. The first kappa shape index (κ1) is 14.1. The van der Waals surface area contributed by atoms with Gasteiger partial charge in [-0.2, -0.15) is 5.26 Å². The number of rotatable bonds is 3. The van der Waals surface area contributed by atoms with E-state index >= 15 is 0 Å². The van der Waals surface area contributed by atoms with E-state index in [4.69, 9.17) is 16.9 Å². The number of benzene rings is 2. The molecule has 0 bridgehead atoms. The Balaban J connectivity index is 2.06. The van der Waals surface area contributed by atoms with E-state index in [1.54, 1.807) is 36.4 Å². The van der Waals surface area contributed by atoms with Crippen LogP contribution in [-0.2, 0) is 0 Å². The Morgan fingerprint density at radius 3 is 2.30 bits per heavy atom. The van der Waals surface area contributed by atoms with Gasteiger partial charge < -0.3 is 5.32 Å². The lowest BCUT2D eigenvalue weighted by Crippen LogP contribution is -2.26. The van der Waals surface area contributed by atoms with Crippen molar-refractivity contribution >= 4 is 17.5 Å². The molecule has 0 aliphatic carbocycles. The van der Waals surface area contributed by atoms with Crippen molar-refractivity contribution in [3.63, 3.8) is 0 Å². The molecule has 1 amide bonds. The zero-order chi connectivity index (χ0) is 14.5. The summed E-state index contributed by atoms with van der Waals surface area (Å²) in [6.45, 7) is 1.91. The van der Waals surface area contributed by atoms with Gasteiger partial charge in [0.1, 0.15) is 0 Å². The van der Waals surface area contributed by atoms with Gasteiger partial charge in [-0.3, -0.25) is 4.79 Å². The number of amides is 1. The Labute approximate surface area is 122 Å². The minimum atomic E-state index is -0.170. The van der Waals surface area contributed by atoms with Gasteiger partial charge in [-0.25, -0.2) is 0 Å². The molecule has 4 heteroatoms. The van der Waals surface area contributed by atoms with Crippen molar-refractivity contribution in [1.82, 2.24) is 5.32 Å². The summed E-state index contributed by atoms with van der Waals surface area (Å²) in [4.78, 5) is 12.1. The fourth-order valence-electron chi connectivity index (χ4n) is 1.81. The molecule has 1 N–H and O–H groups in total. The molecule has 0 unspecified atom stereocenters. The summed E-state index contributed by atoms with van der Waals surface area (Å²) >= 11 is 5.83. The fraction of sp³-hybridized carbons (Fsp3) is 0.125. The van der Waals surface area contributed by atoms with Gasteiger partial charge in [0.05, 0.1) is 17.7 Å². The molecule has 1 atom stereocenters. The lowest BCUT2D eigenvalue weighted by atomic mass is 10.1. The zero-order valence-corrected chi connectivity index (χ0v) is 11.7. The van der Waals surface area contributed by atoms with E-state index < -0.39 is 0 Å². The molecule has 0 saturated carbocycles. The van der Waals surface area contributed by atoms with E-state index in [2.05, 4.69) is 5.32 Å². The van der Waals surface area contributed by atoms with E-state index in [-0.39, 0.29) is 11.9 Å². The maximum Gasteiger partial charge on any atom is 0.251 e. The Kier molecular flexibility index (Phi) is 4.39. The van der Waals surface area contributed by atoms with E-state index in [1.165, 1.54) is 0 Å². The van der Waals surface area contributed by atoms with Crippen LogP contribution in [0.25, 0.3) is 0 Å². The molecule has 2 aromatic carbocycles. The Bertz CT molecular complexity index is 642. The van der Waals surface area contributed by atoms with Crippen molar-refractivity contribution in [3.8, 4) is 6.07 Å². The van der Waals surface area contributed by atoms with E-state index in [1.807, 2.05) is 25.1 Å². The summed E-state index contributed by atoms with van der Waals surface area (Å²) in [5.74, 6) is -0.170. The topological polar surface area (TPSA) is 52.9 Å². The molecular weight excluding hydrogens is 272 g/mol. The van der Waals surface area contributed by atoms with Crippen molar-refractivity contribution in [2.75, 3.05) is 0 Å². The second kappa shape index (κ2) is 6.23. The summed E-state index contributed by atoms with van der Waals surface area (Å²) in [5.41, 5.74) is 2.05. The van der Waals surface area contributed by atoms with E-state index in [0.29, 0.717) is 16.1 Å². The SMILES string of the molecule is C[C@@H](NC(=O)c1ccc(C#N)cc1)c1ccc(Cl)cc1. The molecule has 100 valence electrons. The van der Waals surface area contributed by atoms with Crippen molar-refractivity contribution in [3.05, 3.63) is 70.2 Å². The van der Waals surface area contributed by atoms with Crippen LogP contribution in [0, 0.1) is 11.3 Å². The van der Waals surface area contributed by atoms with Gasteiger partial charge in [0, 0.05) is 10.6 Å². The number of carbonyl (C=O) groups excluding carboxylic acids is 1. The van der Waals surface area contributed by atoms with Crippen molar-refractivity contribution in [2.45, 2.75) is 13.0 Å². The first-order valence-electron chi connectivity index (χ1n) is 6.16. The van der Waals surface area contributed by atoms with Gasteiger partial charge >= 0.3 is 0 Å². The number of carbonyl (C=O) groups is 1. The van der Waals surface area contributed by atoms with Crippen LogP contribution in [0.1, 0.15) is 34.5 Å². The minimum Gasteiger partial charge on any atom is -0.346 e. The van der Waals surface area contributed by atoms with Crippen LogP contribution >= 0.6 is 11.6 Å². The summed E-state index contributed by atoms with van der Waals surface area (Å²) in [7, 11) is 0. The molecule has 0 fully saturated rings. The minimum absolute atomic E-state index is 0.115. The Morgan fingerprint density at radius 2 is 1.75 bits per heavy atom. The third-order valence-electron chi connectivity index (χ3n) is 2.99. The van der Waals surface area contributed by atoms with Crippen LogP contribution in [-0.4, -0.2) is 5.91 Å². The van der Waals surface area contributed by atoms with Crippen molar-refractivity contribution < 1.29 is 4.79 Å². The number of nitrogens with zero attached hydrogens (tertiary/aromatic N) is 1. The molecule has 0 heterocycles. The number of nitriles is 1. The summed E-state index contributed by atoms with van der Waals surface area (Å²) < 4.78 is 0. The summed E-state index contributed by atoms with van der Waals surface area (Å²) in [6.07, 6.45) is 0. The van der Waals surface area contributed by atoms with Crippen molar-refractivity contribution in [2.24, 2.45) is 0 Å². The van der Waals surface area contributed by atoms with Crippen LogP contribution < -0.4 is 5.32 Å². The number of nitrogens with one attached hydrogen (secondary N) is 1. The van der Waals surface area contributed by atoms with Crippen LogP contribution in [0.2, 0.25) is 5.02 Å². The molecule has 0 radical (unpaired) electrons. The number of halogens is 1. The first-order valence-corrected chi connectivity index (χ1v) is 6.54. The number of hydrogen-bond donors (Lipinski definition) is 1. The molecule has 0 aromatic heterocycles. The Hall–Kier alpha value is -2.31. The largest absolute Gasteiger partial charge is 0.346 e. The second-order valence-electron chi connectivity index (χ2n) is 4.44. The molecule has 3 nitrogen and oxygen atoms in total. The van der Waals surface area contributed by atoms with Gasteiger partial charge in [0.2, 0.25) is 0 Å². The number of hydrogen-bond acceptors (Lipinski definition) is 2. The standard InChI is InChI=1S/C16H13ClN2O/c1-11(13-6-8-15(17)9-7-13)19-16(20)14-4-2-12(10-18)3-5-14/h2-9,11H,1H3,(H,19,20)/t11-/m1/s1. The van der Waals surface area contributed by atoms with Crippen LogP contribution in [0.5, 0.6) is 0 Å². The Morgan fingerprint density at radius 1 is 1.15 bits per heavy atom. The highest BCUT2D eigenvalue weighted by atomic mass is 35.5. The molecule has 2 rings (SSSR count). The molecule has 0 aliphatic heterocycles. The quantitative estimate of drug-likeness (QED) is 0.934.